The van der Waals surface area contributed by atoms with Crippen molar-refractivity contribution < 1.29 is 25.2 Å². The summed E-state index contributed by atoms with van der Waals surface area (Å²) < 4.78 is 10.8. The molecule has 10 rings (SSSR count). The van der Waals surface area contributed by atoms with Gasteiger partial charge < -0.3 is 13.5 Å². The van der Waals surface area contributed by atoms with Crippen molar-refractivity contribution in [1.29, 1.82) is 0 Å². The third-order valence-electron chi connectivity index (χ3n) is 9.21. The molecule has 0 amide bonds. The molecule has 0 N–H and O–H groups in total. The molecule has 0 aliphatic carbocycles. The van der Waals surface area contributed by atoms with Crippen LogP contribution in [-0.2, 0) is 25.8 Å². The average Bonchev–Trinajstić information content (AvgIpc) is 3.68. The summed E-state index contributed by atoms with van der Waals surface area (Å²) in [7, 11) is 0. The van der Waals surface area contributed by atoms with E-state index in [0.29, 0.717) is 11.5 Å². The molecule has 0 fully saturated rings. The van der Waals surface area contributed by atoms with Crippen LogP contribution >= 0.6 is 0 Å². The molecule has 5 aromatic heterocycles. The van der Waals surface area contributed by atoms with Gasteiger partial charge in [0.05, 0.1) is 33.4 Å². The number of nitrogens with zero attached hydrogens (tertiary/aromatic N) is 6. The fourth-order valence-electron chi connectivity index (χ4n) is 6.94. The van der Waals surface area contributed by atoms with Gasteiger partial charge in [-0.1, -0.05) is 103 Å². The molecule has 0 spiro atoms. The van der Waals surface area contributed by atoms with Gasteiger partial charge >= 0.3 is 20.4 Å². The average molecular weight is 713 g/mol. The maximum atomic E-state index is 6.53. The Kier molecular flexibility index (Phi) is 6.17. The van der Waals surface area contributed by atoms with Crippen LogP contribution in [0.15, 0.2) is 104 Å². The molecule has 0 atom stereocenters. The first kappa shape index (κ1) is 28.8. The predicted octanol–water partition coefficient (Wildman–Crippen LogP) is 9.38. The summed E-state index contributed by atoms with van der Waals surface area (Å²) in [5.74, 6) is 1.15. The number of hydrogen-bond acceptors (Lipinski definition) is 5. The van der Waals surface area contributed by atoms with E-state index in [9.17, 15) is 0 Å². The minimum absolute atomic E-state index is 0. The van der Waals surface area contributed by atoms with Gasteiger partial charge in [0.15, 0.2) is 0 Å². The molecule has 8 heteroatoms. The Morgan fingerprint density at radius 1 is 0.604 bits per heavy atom. The van der Waals surface area contributed by atoms with E-state index in [-0.39, 0.29) is 25.8 Å². The number of hydrogen-bond donors (Lipinski definition) is 0. The number of para-hydroxylation sites is 4. The van der Waals surface area contributed by atoms with Crippen molar-refractivity contribution in [3.8, 4) is 11.5 Å². The second-order valence-corrected chi connectivity index (χ2v) is 13.1. The SMILES string of the molecule is CC(C)(C)c1ccc2c(c1)c1ccc(Oc3[c-]c4c(cc3)c3cncnc3n3c5ccccc5nc43)[c-]c1c1nc3ccccc3n21.[Pd+2]. The molecule has 5 aromatic carbocycles. The van der Waals surface area contributed by atoms with Crippen LogP contribution in [-0.4, -0.2) is 28.7 Å². The first-order valence-electron chi connectivity index (χ1n) is 15.6. The monoisotopic (exact) mass is 712 g/mol. The van der Waals surface area contributed by atoms with Crippen LogP contribution in [0.3, 0.4) is 0 Å². The summed E-state index contributed by atoms with van der Waals surface area (Å²) in [6, 6.07) is 38.3. The predicted molar refractivity (Wildman–Crippen MR) is 187 cm³/mol. The number of ether oxygens (including phenoxy) is 1. The molecule has 7 nitrogen and oxygen atoms in total. The fourth-order valence-corrected chi connectivity index (χ4v) is 6.94. The molecular formula is C40H26N6OPd. The van der Waals surface area contributed by atoms with Gasteiger partial charge in [0.25, 0.3) is 0 Å². The summed E-state index contributed by atoms with van der Waals surface area (Å²) in [4.78, 5) is 19.0. The van der Waals surface area contributed by atoms with Crippen molar-refractivity contribution in [3.63, 3.8) is 0 Å². The number of fused-ring (bicyclic) bond motifs is 16. The van der Waals surface area contributed by atoms with Gasteiger partial charge in [-0.2, -0.15) is 0 Å². The van der Waals surface area contributed by atoms with E-state index in [0.717, 1.165) is 76.8 Å². The largest absolute Gasteiger partial charge is 2.00 e. The minimum Gasteiger partial charge on any atom is -0.497 e. The van der Waals surface area contributed by atoms with E-state index in [1.165, 1.54) is 5.56 Å². The van der Waals surface area contributed by atoms with E-state index in [2.05, 4.69) is 100 Å². The summed E-state index contributed by atoms with van der Waals surface area (Å²) in [6.45, 7) is 6.74. The Balaban J connectivity index is 0.00000314. The molecule has 0 aliphatic rings. The van der Waals surface area contributed by atoms with Crippen molar-refractivity contribution in [1.82, 2.24) is 28.7 Å². The quantitative estimate of drug-likeness (QED) is 0.102. The number of pyridine rings is 2. The van der Waals surface area contributed by atoms with Crippen LogP contribution in [0, 0.1) is 12.1 Å². The van der Waals surface area contributed by atoms with Gasteiger partial charge in [-0.05, 0) is 46.7 Å². The molecule has 5 heterocycles. The number of rotatable bonds is 2. The van der Waals surface area contributed by atoms with Crippen molar-refractivity contribution in [3.05, 3.63) is 121 Å². The molecule has 0 saturated carbocycles. The van der Waals surface area contributed by atoms with Gasteiger partial charge in [-0.3, -0.25) is 9.97 Å². The van der Waals surface area contributed by atoms with Gasteiger partial charge in [0.1, 0.15) is 12.0 Å². The third-order valence-corrected chi connectivity index (χ3v) is 9.21. The number of benzene rings is 5. The topological polar surface area (TPSA) is 69.6 Å². The maximum Gasteiger partial charge on any atom is 2.00 e. The molecule has 0 unspecified atom stereocenters. The fraction of sp³-hybridized carbons (Fsp3) is 0.100. The third kappa shape index (κ3) is 4.10. The van der Waals surface area contributed by atoms with E-state index < -0.39 is 0 Å². The molecule has 48 heavy (non-hydrogen) atoms. The van der Waals surface area contributed by atoms with Gasteiger partial charge in [0, 0.05) is 28.6 Å². The first-order valence-corrected chi connectivity index (χ1v) is 15.6. The smallest absolute Gasteiger partial charge is 0.497 e. The van der Waals surface area contributed by atoms with Crippen molar-refractivity contribution in [2.24, 2.45) is 0 Å². The van der Waals surface area contributed by atoms with Gasteiger partial charge in [-0.15, -0.1) is 12.1 Å². The Bertz CT molecular complexity index is 2940. The zero-order chi connectivity index (χ0) is 31.4. The van der Waals surface area contributed by atoms with Crippen LogP contribution in [0.25, 0.3) is 76.8 Å². The van der Waals surface area contributed by atoms with Crippen LogP contribution in [0.4, 0.5) is 0 Å². The number of aromatic nitrogens is 6. The molecule has 10 aromatic rings. The Labute approximate surface area is 288 Å². The Morgan fingerprint density at radius 3 is 1.88 bits per heavy atom. The van der Waals surface area contributed by atoms with E-state index in [1.807, 2.05) is 48.7 Å². The molecule has 0 aliphatic heterocycles. The van der Waals surface area contributed by atoms with Gasteiger partial charge in [0.2, 0.25) is 0 Å². The summed E-state index contributed by atoms with van der Waals surface area (Å²) in [5.41, 5.74) is 8.70. The van der Waals surface area contributed by atoms with Crippen LogP contribution in [0.5, 0.6) is 11.5 Å². The van der Waals surface area contributed by atoms with E-state index >= 15 is 0 Å². The minimum atomic E-state index is 0. The Morgan fingerprint density at radius 2 is 1.21 bits per heavy atom. The summed E-state index contributed by atoms with van der Waals surface area (Å²) in [6.07, 6.45) is 3.42. The zero-order valence-electron chi connectivity index (χ0n) is 26.2. The Hall–Kier alpha value is -5.42. The standard InChI is InChI=1S/C40H26N6O.Pd/c1-40(2,3)23-12-17-34-28(18-23)26-15-13-24(19-29(26)38-43-32-8-4-6-10-35(32)45(34)38)47-25-14-16-27-30(20-25)39-44-33-9-5-7-11-36(33)46(39)37-31(27)21-41-22-42-37;/h4-18,21-22H,1-3H3;/q-2;+2. The molecule has 232 valence electrons. The summed E-state index contributed by atoms with van der Waals surface area (Å²) in [5, 5.41) is 5.87. The zero-order valence-corrected chi connectivity index (χ0v) is 27.8. The van der Waals surface area contributed by atoms with Crippen LogP contribution < -0.4 is 4.74 Å². The van der Waals surface area contributed by atoms with E-state index in [4.69, 9.17) is 14.7 Å². The molecule has 0 saturated heterocycles. The normalized spacial score (nSPS) is 12.3. The summed E-state index contributed by atoms with van der Waals surface area (Å²) >= 11 is 0. The van der Waals surface area contributed by atoms with Crippen LogP contribution in [0.2, 0.25) is 0 Å². The van der Waals surface area contributed by atoms with Crippen molar-refractivity contribution in [2.45, 2.75) is 26.2 Å². The van der Waals surface area contributed by atoms with Crippen molar-refractivity contribution in [2.75, 3.05) is 0 Å². The van der Waals surface area contributed by atoms with E-state index in [1.54, 1.807) is 6.33 Å². The maximum absolute atomic E-state index is 6.53. The van der Waals surface area contributed by atoms with Gasteiger partial charge in [-0.25, -0.2) is 9.97 Å². The molecular weight excluding hydrogens is 687 g/mol. The van der Waals surface area contributed by atoms with Crippen molar-refractivity contribution >= 4 is 76.8 Å². The molecule has 0 radical (unpaired) electrons. The van der Waals surface area contributed by atoms with Crippen LogP contribution in [0.1, 0.15) is 26.3 Å². The number of imidazole rings is 2. The second kappa shape index (κ2) is 10.3. The second-order valence-electron chi connectivity index (χ2n) is 13.1. The molecule has 0 bridgehead atoms. The first-order chi connectivity index (χ1) is 22.9.